The summed E-state index contributed by atoms with van der Waals surface area (Å²) in [7, 11) is 0. The lowest BCUT2D eigenvalue weighted by Gasteiger charge is -2.08. The zero-order valence-corrected chi connectivity index (χ0v) is 12.4. The normalized spacial score (nSPS) is 10.2. The van der Waals surface area contributed by atoms with E-state index in [9.17, 15) is 4.79 Å². The van der Waals surface area contributed by atoms with Crippen molar-refractivity contribution in [3.05, 3.63) is 58.6 Å². The van der Waals surface area contributed by atoms with Crippen molar-refractivity contribution in [1.82, 2.24) is 0 Å². The molecule has 0 aromatic heterocycles. The first-order valence-electron chi connectivity index (χ1n) is 6.48. The van der Waals surface area contributed by atoms with Crippen LogP contribution in [0.2, 0.25) is 5.02 Å². The number of ether oxygens (including phenoxy) is 2. The minimum atomic E-state index is -0.453. The lowest BCUT2D eigenvalue weighted by molar-refractivity contribution is 0.0450. The number of nitrogens with two attached hydrogens (primary N) is 1. The predicted octanol–water partition coefficient (Wildman–Crippen LogP) is 3.47. The molecular weight excluding hydrogens is 290 g/mol. The van der Waals surface area contributed by atoms with Crippen LogP contribution >= 0.6 is 11.6 Å². The Balaban J connectivity index is 1.80. The minimum absolute atomic E-state index is 0.162. The summed E-state index contributed by atoms with van der Waals surface area (Å²) in [5.41, 5.74) is 7.47. The molecule has 0 saturated heterocycles. The van der Waals surface area contributed by atoms with Gasteiger partial charge in [0, 0.05) is 0 Å². The van der Waals surface area contributed by atoms with Crippen LogP contribution < -0.4 is 10.5 Å². The molecule has 2 rings (SSSR count). The number of nitrogen functional groups attached to an aromatic ring is 1. The molecule has 2 aromatic carbocycles. The van der Waals surface area contributed by atoms with Crippen molar-refractivity contribution in [2.45, 2.75) is 6.92 Å². The van der Waals surface area contributed by atoms with Gasteiger partial charge in [-0.2, -0.15) is 0 Å². The van der Waals surface area contributed by atoms with E-state index in [4.69, 9.17) is 26.8 Å². The van der Waals surface area contributed by atoms with E-state index >= 15 is 0 Å². The molecule has 0 saturated carbocycles. The molecule has 0 unspecified atom stereocenters. The summed E-state index contributed by atoms with van der Waals surface area (Å²) in [6.07, 6.45) is 0. The van der Waals surface area contributed by atoms with E-state index < -0.39 is 5.97 Å². The molecule has 0 aliphatic rings. The molecule has 2 N–H and O–H groups in total. The third kappa shape index (κ3) is 4.39. The first-order valence-corrected chi connectivity index (χ1v) is 6.85. The molecule has 110 valence electrons. The Morgan fingerprint density at radius 1 is 1.19 bits per heavy atom. The van der Waals surface area contributed by atoms with Crippen LogP contribution in [0.1, 0.15) is 15.9 Å². The number of hydrogen-bond donors (Lipinski definition) is 1. The standard InChI is InChI=1S/C16H16ClNO3/c1-11-3-2-4-13(9-11)20-7-8-21-16(19)12-5-6-14(17)15(18)10-12/h2-6,9-10H,7-8,18H2,1H3. The second-order valence-electron chi connectivity index (χ2n) is 4.54. The quantitative estimate of drug-likeness (QED) is 0.522. The van der Waals surface area contributed by atoms with Gasteiger partial charge in [0.25, 0.3) is 0 Å². The largest absolute Gasteiger partial charge is 0.490 e. The zero-order chi connectivity index (χ0) is 15.2. The highest BCUT2D eigenvalue weighted by atomic mass is 35.5. The maximum atomic E-state index is 11.8. The van der Waals surface area contributed by atoms with Gasteiger partial charge < -0.3 is 15.2 Å². The SMILES string of the molecule is Cc1cccc(OCCOC(=O)c2ccc(Cl)c(N)c2)c1. The fourth-order valence-electron chi connectivity index (χ4n) is 1.75. The van der Waals surface area contributed by atoms with Gasteiger partial charge in [0.15, 0.2) is 0 Å². The summed E-state index contributed by atoms with van der Waals surface area (Å²) in [6, 6.07) is 12.3. The number of rotatable bonds is 5. The molecule has 5 heteroatoms. The van der Waals surface area contributed by atoms with E-state index in [-0.39, 0.29) is 13.2 Å². The van der Waals surface area contributed by atoms with E-state index in [0.29, 0.717) is 16.3 Å². The number of esters is 1. The number of aryl methyl sites for hydroxylation is 1. The molecule has 2 aromatic rings. The van der Waals surface area contributed by atoms with Crippen LogP contribution in [0.3, 0.4) is 0 Å². The van der Waals surface area contributed by atoms with Gasteiger partial charge in [-0.25, -0.2) is 4.79 Å². The predicted molar refractivity (Wildman–Crippen MR) is 82.8 cm³/mol. The van der Waals surface area contributed by atoms with Gasteiger partial charge in [0.2, 0.25) is 0 Å². The average molecular weight is 306 g/mol. The number of halogens is 1. The summed E-state index contributed by atoms with van der Waals surface area (Å²) in [5, 5.41) is 0.411. The minimum Gasteiger partial charge on any atom is -0.490 e. The van der Waals surface area contributed by atoms with Crippen LogP contribution in [-0.2, 0) is 4.74 Å². The first kappa shape index (κ1) is 15.2. The van der Waals surface area contributed by atoms with Crippen molar-refractivity contribution in [2.75, 3.05) is 18.9 Å². The smallest absolute Gasteiger partial charge is 0.338 e. The monoisotopic (exact) mass is 305 g/mol. The van der Waals surface area contributed by atoms with Gasteiger partial charge in [-0.05, 0) is 42.8 Å². The summed E-state index contributed by atoms with van der Waals surface area (Å²) in [4.78, 5) is 11.8. The van der Waals surface area contributed by atoms with Crippen molar-refractivity contribution >= 4 is 23.3 Å². The fourth-order valence-corrected chi connectivity index (χ4v) is 1.87. The van der Waals surface area contributed by atoms with Crippen LogP contribution in [0.25, 0.3) is 0 Å². The van der Waals surface area contributed by atoms with E-state index in [1.54, 1.807) is 12.1 Å². The second kappa shape index (κ2) is 6.99. The fraction of sp³-hybridized carbons (Fsp3) is 0.188. The van der Waals surface area contributed by atoms with Crippen molar-refractivity contribution in [3.8, 4) is 5.75 Å². The van der Waals surface area contributed by atoms with Crippen LogP contribution in [0.4, 0.5) is 5.69 Å². The molecule has 0 bridgehead atoms. The third-order valence-corrected chi connectivity index (χ3v) is 3.15. The summed E-state index contributed by atoms with van der Waals surface area (Å²) < 4.78 is 10.6. The molecule has 0 atom stereocenters. The highest BCUT2D eigenvalue weighted by molar-refractivity contribution is 6.33. The number of carbonyl (C=O) groups is 1. The van der Waals surface area contributed by atoms with Gasteiger partial charge in [-0.1, -0.05) is 23.7 Å². The lowest BCUT2D eigenvalue weighted by Crippen LogP contribution is -2.12. The van der Waals surface area contributed by atoms with Crippen molar-refractivity contribution in [1.29, 1.82) is 0 Å². The van der Waals surface area contributed by atoms with Crippen LogP contribution in [0, 0.1) is 6.92 Å². The molecule has 0 aliphatic heterocycles. The van der Waals surface area contributed by atoms with E-state index in [1.165, 1.54) is 6.07 Å². The van der Waals surface area contributed by atoms with Crippen molar-refractivity contribution < 1.29 is 14.3 Å². The number of anilines is 1. The molecule has 0 heterocycles. The molecule has 0 amide bonds. The van der Waals surface area contributed by atoms with Gasteiger partial charge in [0.05, 0.1) is 16.3 Å². The van der Waals surface area contributed by atoms with Crippen molar-refractivity contribution in [3.63, 3.8) is 0 Å². The Kier molecular flexibility index (Phi) is 5.06. The summed E-state index contributed by atoms with van der Waals surface area (Å²) >= 11 is 5.80. The first-order chi connectivity index (χ1) is 10.1. The molecule has 0 radical (unpaired) electrons. The van der Waals surface area contributed by atoms with Crippen LogP contribution in [0.15, 0.2) is 42.5 Å². The highest BCUT2D eigenvalue weighted by Crippen LogP contribution is 2.20. The Morgan fingerprint density at radius 3 is 2.71 bits per heavy atom. The highest BCUT2D eigenvalue weighted by Gasteiger charge is 2.08. The van der Waals surface area contributed by atoms with Gasteiger partial charge in [0.1, 0.15) is 19.0 Å². The van der Waals surface area contributed by atoms with Crippen molar-refractivity contribution in [2.24, 2.45) is 0 Å². The van der Waals surface area contributed by atoms with E-state index in [0.717, 1.165) is 11.3 Å². The Bertz CT molecular complexity index is 643. The molecular formula is C16H16ClNO3. The Morgan fingerprint density at radius 2 is 2.00 bits per heavy atom. The van der Waals surface area contributed by atoms with Crippen LogP contribution in [-0.4, -0.2) is 19.2 Å². The molecule has 0 aliphatic carbocycles. The Labute approximate surface area is 128 Å². The zero-order valence-electron chi connectivity index (χ0n) is 11.6. The molecule has 21 heavy (non-hydrogen) atoms. The topological polar surface area (TPSA) is 61.5 Å². The second-order valence-corrected chi connectivity index (χ2v) is 4.94. The van der Waals surface area contributed by atoms with Gasteiger partial charge >= 0.3 is 5.97 Å². The number of hydrogen-bond acceptors (Lipinski definition) is 4. The average Bonchev–Trinajstić information content (AvgIpc) is 2.46. The molecule has 0 spiro atoms. The summed E-state index contributed by atoms with van der Waals surface area (Å²) in [6.45, 7) is 2.44. The van der Waals surface area contributed by atoms with Gasteiger partial charge in [-0.3, -0.25) is 0 Å². The lowest BCUT2D eigenvalue weighted by atomic mass is 10.2. The number of carbonyl (C=O) groups excluding carboxylic acids is 1. The van der Waals surface area contributed by atoms with Crippen LogP contribution in [0.5, 0.6) is 5.75 Å². The molecule has 4 nitrogen and oxygen atoms in total. The van der Waals surface area contributed by atoms with Gasteiger partial charge in [-0.15, -0.1) is 0 Å². The Hall–Kier alpha value is -2.20. The molecule has 0 fully saturated rings. The van der Waals surface area contributed by atoms with E-state index in [1.807, 2.05) is 31.2 Å². The van der Waals surface area contributed by atoms with E-state index in [2.05, 4.69) is 0 Å². The number of benzene rings is 2. The maximum Gasteiger partial charge on any atom is 0.338 e. The third-order valence-electron chi connectivity index (χ3n) is 2.81. The maximum absolute atomic E-state index is 11.8. The summed E-state index contributed by atoms with van der Waals surface area (Å²) in [5.74, 6) is 0.299.